The summed E-state index contributed by atoms with van der Waals surface area (Å²) in [5, 5.41) is 6.53. The molecule has 1 saturated heterocycles. The molecule has 1 aliphatic rings. The lowest BCUT2D eigenvalue weighted by atomic mass is 10.2. The van der Waals surface area contributed by atoms with Gasteiger partial charge in [0, 0.05) is 25.2 Å². The molecule has 29 heavy (non-hydrogen) atoms. The van der Waals surface area contributed by atoms with E-state index in [1.54, 1.807) is 24.3 Å². The third-order valence-electron chi connectivity index (χ3n) is 4.69. The van der Waals surface area contributed by atoms with E-state index in [2.05, 4.69) is 10.5 Å². The first-order chi connectivity index (χ1) is 13.9. The number of ether oxygens (including phenoxy) is 2. The highest BCUT2D eigenvalue weighted by Gasteiger charge is 2.24. The van der Waals surface area contributed by atoms with E-state index in [0.29, 0.717) is 50.0 Å². The topological polar surface area (TPSA) is 111 Å². The average molecular weight is 423 g/mol. The number of aryl methyl sites for hydroxylation is 2. The number of morpholine rings is 1. The molecule has 0 aliphatic carbocycles. The molecule has 1 aliphatic heterocycles. The van der Waals surface area contributed by atoms with Crippen LogP contribution in [0.2, 0.25) is 0 Å². The molecule has 2 aromatic rings. The maximum absolute atomic E-state index is 12.3. The normalized spacial score (nSPS) is 15.2. The van der Waals surface area contributed by atoms with Gasteiger partial charge in [-0.05, 0) is 38.1 Å². The van der Waals surface area contributed by atoms with Crippen LogP contribution in [0.5, 0.6) is 5.75 Å². The third-order valence-corrected chi connectivity index (χ3v) is 6.56. The van der Waals surface area contributed by atoms with Gasteiger partial charge in [-0.15, -0.1) is 0 Å². The Hall–Kier alpha value is -2.43. The zero-order chi connectivity index (χ0) is 20.9. The highest BCUT2D eigenvalue weighted by Crippen LogP contribution is 2.18. The van der Waals surface area contributed by atoms with Crippen molar-refractivity contribution in [2.24, 2.45) is 0 Å². The third kappa shape index (κ3) is 5.55. The van der Waals surface area contributed by atoms with Crippen LogP contribution in [-0.4, -0.2) is 62.4 Å². The molecule has 1 aromatic heterocycles. The van der Waals surface area contributed by atoms with E-state index < -0.39 is 10.0 Å². The molecule has 2 heterocycles. The van der Waals surface area contributed by atoms with E-state index in [4.69, 9.17) is 14.0 Å². The van der Waals surface area contributed by atoms with Crippen molar-refractivity contribution in [3.8, 4) is 5.75 Å². The Kier molecular flexibility index (Phi) is 6.88. The number of sulfonamides is 1. The second-order valence-electron chi connectivity index (χ2n) is 6.70. The number of nitrogens with one attached hydrogen (secondary N) is 1. The predicted molar refractivity (Wildman–Crippen MR) is 105 cm³/mol. The summed E-state index contributed by atoms with van der Waals surface area (Å²) in [6.07, 6.45) is 0. The van der Waals surface area contributed by atoms with Crippen molar-refractivity contribution in [3.63, 3.8) is 0 Å². The molecular formula is C19H25N3O6S. The monoisotopic (exact) mass is 423 g/mol. The van der Waals surface area contributed by atoms with E-state index in [1.165, 1.54) is 4.31 Å². The molecule has 0 saturated carbocycles. The van der Waals surface area contributed by atoms with Crippen molar-refractivity contribution >= 4 is 15.9 Å². The molecule has 1 amide bonds. The van der Waals surface area contributed by atoms with Gasteiger partial charge in [-0.2, -0.15) is 4.31 Å². The number of amides is 1. The predicted octanol–water partition coefficient (Wildman–Crippen LogP) is 1.26. The Morgan fingerprint density at radius 1 is 1.21 bits per heavy atom. The minimum atomic E-state index is -3.40. The number of carbonyl (C=O) groups excluding carboxylic acids is 1. The molecule has 0 radical (unpaired) electrons. The molecule has 9 nitrogen and oxygen atoms in total. The van der Waals surface area contributed by atoms with Crippen molar-refractivity contribution in [2.45, 2.75) is 20.5 Å². The van der Waals surface area contributed by atoms with Crippen LogP contribution in [0.15, 0.2) is 28.8 Å². The minimum absolute atomic E-state index is 0.0445. The smallest absolute Gasteiger partial charge is 0.251 e. The minimum Gasteiger partial charge on any atom is -0.489 e. The van der Waals surface area contributed by atoms with Crippen molar-refractivity contribution in [3.05, 3.63) is 46.8 Å². The van der Waals surface area contributed by atoms with Crippen LogP contribution < -0.4 is 10.1 Å². The Morgan fingerprint density at radius 3 is 2.52 bits per heavy atom. The van der Waals surface area contributed by atoms with Crippen LogP contribution in [-0.2, 0) is 21.4 Å². The highest BCUT2D eigenvalue weighted by molar-refractivity contribution is 7.89. The lowest BCUT2D eigenvalue weighted by Gasteiger charge is -2.26. The maximum Gasteiger partial charge on any atom is 0.251 e. The first kappa shape index (κ1) is 21.3. The fourth-order valence-corrected chi connectivity index (χ4v) is 4.24. The molecule has 0 spiro atoms. The lowest BCUT2D eigenvalue weighted by molar-refractivity contribution is 0.0730. The van der Waals surface area contributed by atoms with Crippen LogP contribution in [0.4, 0.5) is 0 Å². The summed E-state index contributed by atoms with van der Waals surface area (Å²) in [7, 11) is -3.40. The van der Waals surface area contributed by atoms with E-state index in [9.17, 15) is 13.2 Å². The molecule has 0 atom stereocenters. The van der Waals surface area contributed by atoms with Crippen LogP contribution in [0.3, 0.4) is 0 Å². The van der Waals surface area contributed by atoms with Crippen LogP contribution >= 0.6 is 0 Å². The summed E-state index contributed by atoms with van der Waals surface area (Å²) in [4.78, 5) is 12.3. The molecule has 1 fully saturated rings. The summed E-state index contributed by atoms with van der Waals surface area (Å²) >= 11 is 0. The summed E-state index contributed by atoms with van der Waals surface area (Å²) < 4.78 is 41.9. The first-order valence-corrected chi connectivity index (χ1v) is 11.0. The standard InChI is InChI=1S/C19H25N3O6S/c1-14-18(15(2)28-21-14)13-27-17-5-3-16(4-6-17)19(23)20-7-12-29(24,25)22-8-10-26-11-9-22/h3-6H,7-13H2,1-2H3,(H,20,23). The largest absolute Gasteiger partial charge is 0.489 e. The number of nitrogens with zero attached hydrogens (tertiary/aromatic N) is 2. The molecular weight excluding hydrogens is 398 g/mol. The highest BCUT2D eigenvalue weighted by atomic mass is 32.2. The van der Waals surface area contributed by atoms with Crippen molar-refractivity contribution in [1.29, 1.82) is 0 Å². The van der Waals surface area contributed by atoms with Gasteiger partial charge in [0.2, 0.25) is 10.0 Å². The van der Waals surface area contributed by atoms with Gasteiger partial charge in [-0.3, -0.25) is 4.79 Å². The van der Waals surface area contributed by atoms with Gasteiger partial charge in [0.1, 0.15) is 18.1 Å². The number of benzene rings is 1. The summed E-state index contributed by atoms with van der Waals surface area (Å²) in [5.41, 5.74) is 2.11. The van der Waals surface area contributed by atoms with Gasteiger partial charge in [0.05, 0.1) is 30.2 Å². The molecule has 10 heteroatoms. The van der Waals surface area contributed by atoms with Crippen LogP contribution in [0, 0.1) is 13.8 Å². The van der Waals surface area contributed by atoms with E-state index >= 15 is 0 Å². The zero-order valence-corrected chi connectivity index (χ0v) is 17.3. The maximum atomic E-state index is 12.3. The molecule has 0 bridgehead atoms. The van der Waals surface area contributed by atoms with Gasteiger partial charge in [0.15, 0.2) is 0 Å². The molecule has 158 valence electrons. The van der Waals surface area contributed by atoms with Gasteiger partial charge < -0.3 is 19.3 Å². The number of rotatable bonds is 8. The first-order valence-electron chi connectivity index (χ1n) is 9.35. The van der Waals surface area contributed by atoms with E-state index in [0.717, 1.165) is 11.3 Å². The van der Waals surface area contributed by atoms with Crippen molar-refractivity contribution < 1.29 is 27.2 Å². The second kappa shape index (κ2) is 9.38. The van der Waals surface area contributed by atoms with Gasteiger partial charge in [0.25, 0.3) is 5.91 Å². The Balaban J connectivity index is 1.47. The fraction of sp³-hybridized carbons (Fsp3) is 0.474. The summed E-state index contributed by atoms with van der Waals surface area (Å²) in [6.45, 7) is 5.55. The van der Waals surface area contributed by atoms with Crippen molar-refractivity contribution in [1.82, 2.24) is 14.8 Å². The molecule has 1 N–H and O–H groups in total. The Morgan fingerprint density at radius 2 is 1.90 bits per heavy atom. The second-order valence-corrected chi connectivity index (χ2v) is 8.79. The number of hydrogen-bond donors (Lipinski definition) is 1. The Bertz CT molecular complexity index is 914. The Labute approximate surface area is 170 Å². The van der Waals surface area contributed by atoms with Crippen LogP contribution in [0.1, 0.15) is 27.4 Å². The average Bonchev–Trinajstić information content (AvgIpc) is 3.05. The zero-order valence-electron chi connectivity index (χ0n) is 16.5. The van der Waals surface area contributed by atoms with Gasteiger partial charge in [-0.25, -0.2) is 8.42 Å². The van der Waals surface area contributed by atoms with E-state index in [1.807, 2.05) is 13.8 Å². The lowest BCUT2D eigenvalue weighted by Crippen LogP contribution is -2.43. The summed E-state index contributed by atoms with van der Waals surface area (Å²) in [6, 6.07) is 6.65. The quantitative estimate of drug-likeness (QED) is 0.680. The SMILES string of the molecule is Cc1noc(C)c1COc1ccc(C(=O)NCCS(=O)(=O)N2CCOCC2)cc1. The van der Waals surface area contributed by atoms with Gasteiger partial charge in [-0.1, -0.05) is 5.16 Å². The molecule has 0 unspecified atom stereocenters. The summed E-state index contributed by atoms with van der Waals surface area (Å²) in [5.74, 6) is 0.846. The van der Waals surface area contributed by atoms with Crippen molar-refractivity contribution in [2.75, 3.05) is 38.6 Å². The number of hydrogen-bond acceptors (Lipinski definition) is 7. The van der Waals surface area contributed by atoms with Crippen LogP contribution in [0.25, 0.3) is 0 Å². The fourth-order valence-electron chi connectivity index (χ4n) is 2.92. The van der Waals surface area contributed by atoms with Gasteiger partial charge >= 0.3 is 0 Å². The number of carbonyl (C=O) groups is 1. The molecule has 1 aromatic carbocycles. The number of aromatic nitrogens is 1. The van der Waals surface area contributed by atoms with E-state index in [-0.39, 0.29) is 18.2 Å². The molecule has 3 rings (SSSR count).